The molecular formula is C20H29F2N3O2. The summed E-state index contributed by atoms with van der Waals surface area (Å²) in [7, 11) is 0. The van der Waals surface area contributed by atoms with E-state index in [0.29, 0.717) is 13.0 Å². The summed E-state index contributed by atoms with van der Waals surface area (Å²) in [5, 5.41) is 8.46. The smallest absolute Gasteiger partial charge is 0.315 e. The second-order valence-electron chi connectivity index (χ2n) is 7.21. The summed E-state index contributed by atoms with van der Waals surface area (Å²) in [6.07, 6.45) is 6.43. The summed E-state index contributed by atoms with van der Waals surface area (Å²) < 4.78 is 27.3. The van der Waals surface area contributed by atoms with Crippen LogP contribution in [0.2, 0.25) is 0 Å². The molecule has 1 aromatic carbocycles. The quantitative estimate of drug-likeness (QED) is 0.604. The molecule has 0 radical (unpaired) electrons. The van der Waals surface area contributed by atoms with Gasteiger partial charge in [0.15, 0.2) is 0 Å². The molecule has 0 saturated heterocycles. The third-order valence-corrected chi connectivity index (χ3v) is 4.79. The number of halogens is 2. The van der Waals surface area contributed by atoms with Crippen molar-refractivity contribution in [2.24, 2.45) is 0 Å². The van der Waals surface area contributed by atoms with E-state index >= 15 is 0 Å². The monoisotopic (exact) mass is 381 g/mol. The average molecular weight is 381 g/mol. The molecule has 0 aromatic heterocycles. The van der Waals surface area contributed by atoms with Gasteiger partial charge in [-0.05, 0) is 44.7 Å². The fraction of sp³-hybridized carbons (Fsp3) is 0.600. The molecular weight excluding hydrogens is 352 g/mol. The number of hydrogen-bond donors (Lipinski definition) is 3. The van der Waals surface area contributed by atoms with Crippen LogP contribution >= 0.6 is 0 Å². The van der Waals surface area contributed by atoms with Gasteiger partial charge in [0.25, 0.3) is 0 Å². The Labute approximate surface area is 159 Å². The van der Waals surface area contributed by atoms with Crippen molar-refractivity contribution in [3.05, 3.63) is 35.4 Å². The van der Waals surface area contributed by atoms with Gasteiger partial charge in [0, 0.05) is 30.6 Å². The summed E-state index contributed by atoms with van der Waals surface area (Å²) in [6, 6.07) is 3.40. The summed E-state index contributed by atoms with van der Waals surface area (Å²) >= 11 is 0. The fourth-order valence-corrected chi connectivity index (χ4v) is 3.37. The molecule has 1 aromatic rings. The van der Waals surface area contributed by atoms with E-state index in [0.717, 1.165) is 25.7 Å². The first-order valence-corrected chi connectivity index (χ1v) is 9.72. The first-order chi connectivity index (χ1) is 13.0. The van der Waals surface area contributed by atoms with Crippen LogP contribution < -0.4 is 16.0 Å². The first kappa shape index (κ1) is 21.1. The van der Waals surface area contributed by atoms with Crippen LogP contribution in [0, 0.1) is 11.6 Å². The predicted octanol–water partition coefficient (Wildman–Crippen LogP) is 3.42. The van der Waals surface area contributed by atoms with Gasteiger partial charge >= 0.3 is 6.03 Å². The molecule has 0 bridgehead atoms. The predicted molar refractivity (Wildman–Crippen MR) is 100 cm³/mol. The molecule has 1 saturated carbocycles. The Morgan fingerprint density at radius 3 is 2.48 bits per heavy atom. The summed E-state index contributed by atoms with van der Waals surface area (Å²) in [4.78, 5) is 23.8. The van der Waals surface area contributed by atoms with Gasteiger partial charge in [-0.2, -0.15) is 0 Å². The molecule has 1 atom stereocenters. The third-order valence-electron chi connectivity index (χ3n) is 4.79. The zero-order valence-corrected chi connectivity index (χ0v) is 15.8. The normalized spacial score (nSPS) is 15.8. The Balaban J connectivity index is 1.60. The highest BCUT2D eigenvalue weighted by molar-refractivity contribution is 5.76. The van der Waals surface area contributed by atoms with Gasteiger partial charge in [-0.1, -0.05) is 25.3 Å². The van der Waals surface area contributed by atoms with E-state index in [1.165, 1.54) is 24.6 Å². The van der Waals surface area contributed by atoms with Gasteiger partial charge in [-0.3, -0.25) is 4.79 Å². The maximum atomic E-state index is 13.6. The zero-order valence-electron chi connectivity index (χ0n) is 15.8. The number of amides is 3. The van der Waals surface area contributed by atoms with E-state index in [1.807, 2.05) is 0 Å². The Morgan fingerprint density at radius 2 is 1.81 bits per heavy atom. The SMILES string of the molecule is C[C@@H](Cc1c(F)cccc1F)NC(=O)CCCNC(=O)NC1CCCCC1. The highest BCUT2D eigenvalue weighted by Gasteiger charge is 2.16. The van der Waals surface area contributed by atoms with E-state index < -0.39 is 11.6 Å². The molecule has 0 spiro atoms. The van der Waals surface area contributed by atoms with Crippen LogP contribution in [-0.2, 0) is 11.2 Å². The minimum Gasteiger partial charge on any atom is -0.353 e. The number of urea groups is 1. The number of hydrogen-bond acceptors (Lipinski definition) is 2. The molecule has 5 nitrogen and oxygen atoms in total. The number of rotatable bonds is 8. The maximum absolute atomic E-state index is 13.6. The highest BCUT2D eigenvalue weighted by atomic mass is 19.1. The lowest BCUT2D eigenvalue weighted by molar-refractivity contribution is -0.121. The van der Waals surface area contributed by atoms with Crippen molar-refractivity contribution in [1.82, 2.24) is 16.0 Å². The largest absolute Gasteiger partial charge is 0.353 e. The standard InChI is InChI=1S/C20H29F2N3O2/c1-14(13-16-17(21)9-5-10-18(16)22)24-19(26)11-6-12-23-20(27)25-15-7-3-2-4-8-15/h5,9-10,14-15H,2-4,6-8,11-13H2,1H3,(H,24,26)(H2,23,25,27)/t14-/m0/s1. The molecule has 27 heavy (non-hydrogen) atoms. The van der Waals surface area contributed by atoms with Crippen LogP contribution in [-0.4, -0.2) is 30.6 Å². The Kier molecular flexibility index (Phi) is 8.48. The fourth-order valence-electron chi connectivity index (χ4n) is 3.37. The number of benzene rings is 1. The van der Waals surface area contributed by atoms with Crippen molar-refractivity contribution in [1.29, 1.82) is 0 Å². The number of nitrogens with one attached hydrogen (secondary N) is 3. The van der Waals surface area contributed by atoms with Crippen LogP contribution in [0.15, 0.2) is 18.2 Å². The lowest BCUT2D eigenvalue weighted by atomic mass is 9.96. The van der Waals surface area contributed by atoms with Crippen LogP contribution in [0.25, 0.3) is 0 Å². The average Bonchev–Trinajstić information content (AvgIpc) is 2.63. The van der Waals surface area contributed by atoms with E-state index in [9.17, 15) is 18.4 Å². The van der Waals surface area contributed by atoms with E-state index in [2.05, 4.69) is 16.0 Å². The van der Waals surface area contributed by atoms with Crippen LogP contribution in [0.1, 0.15) is 57.4 Å². The van der Waals surface area contributed by atoms with Crippen molar-refractivity contribution in [2.75, 3.05) is 6.54 Å². The lowest BCUT2D eigenvalue weighted by Crippen LogP contribution is -2.43. The van der Waals surface area contributed by atoms with Gasteiger partial charge in [-0.25, -0.2) is 13.6 Å². The number of carbonyl (C=O) groups excluding carboxylic acids is 2. The van der Waals surface area contributed by atoms with Crippen molar-refractivity contribution in [3.8, 4) is 0 Å². The molecule has 150 valence electrons. The minimum absolute atomic E-state index is 0.0219. The van der Waals surface area contributed by atoms with Crippen molar-refractivity contribution in [3.63, 3.8) is 0 Å². The Bertz CT molecular complexity index is 613. The zero-order chi connectivity index (χ0) is 19.6. The van der Waals surface area contributed by atoms with E-state index in [-0.39, 0.29) is 42.4 Å². The molecule has 1 aliphatic carbocycles. The van der Waals surface area contributed by atoms with Crippen LogP contribution in [0.4, 0.5) is 13.6 Å². The Morgan fingerprint density at radius 1 is 1.15 bits per heavy atom. The molecule has 3 N–H and O–H groups in total. The maximum Gasteiger partial charge on any atom is 0.315 e. The lowest BCUT2D eigenvalue weighted by Gasteiger charge is -2.22. The van der Waals surface area contributed by atoms with Gasteiger partial charge in [-0.15, -0.1) is 0 Å². The summed E-state index contributed by atoms with van der Waals surface area (Å²) in [5.74, 6) is -1.41. The summed E-state index contributed by atoms with van der Waals surface area (Å²) in [5.41, 5.74) is -0.0219. The molecule has 0 heterocycles. The Hall–Kier alpha value is -2.18. The second kappa shape index (κ2) is 10.8. The van der Waals surface area contributed by atoms with Crippen molar-refractivity contribution >= 4 is 11.9 Å². The van der Waals surface area contributed by atoms with Crippen molar-refractivity contribution in [2.45, 2.75) is 70.4 Å². The molecule has 3 amide bonds. The van der Waals surface area contributed by atoms with Gasteiger partial charge < -0.3 is 16.0 Å². The highest BCUT2D eigenvalue weighted by Crippen LogP contribution is 2.17. The van der Waals surface area contributed by atoms with Gasteiger partial charge in [0.2, 0.25) is 5.91 Å². The molecule has 1 aliphatic rings. The number of carbonyl (C=O) groups is 2. The minimum atomic E-state index is -0.607. The van der Waals surface area contributed by atoms with Crippen molar-refractivity contribution < 1.29 is 18.4 Å². The molecule has 2 rings (SSSR count). The molecule has 0 unspecified atom stereocenters. The topological polar surface area (TPSA) is 70.2 Å². The summed E-state index contributed by atoms with van der Waals surface area (Å²) in [6.45, 7) is 2.11. The van der Waals surface area contributed by atoms with Gasteiger partial charge in [0.1, 0.15) is 11.6 Å². The molecule has 0 aliphatic heterocycles. The van der Waals surface area contributed by atoms with Gasteiger partial charge in [0.05, 0.1) is 0 Å². The van der Waals surface area contributed by atoms with E-state index in [1.54, 1.807) is 6.92 Å². The molecule has 7 heteroatoms. The van der Waals surface area contributed by atoms with E-state index in [4.69, 9.17) is 0 Å². The second-order valence-corrected chi connectivity index (χ2v) is 7.21. The van der Waals surface area contributed by atoms with Crippen LogP contribution in [0.5, 0.6) is 0 Å². The van der Waals surface area contributed by atoms with Crippen LogP contribution in [0.3, 0.4) is 0 Å². The molecule has 1 fully saturated rings. The first-order valence-electron chi connectivity index (χ1n) is 9.72. The third kappa shape index (κ3) is 7.53.